The highest BCUT2D eigenvalue weighted by Gasteiger charge is 2.37. The first-order valence-corrected chi connectivity index (χ1v) is 16.1. The Bertz CT molecular complexity index is 2220. The summed E-state index contributed by atoms with van der Waals surface area (Å²) in [6.07, 6.45) is 0. The number of nitrogens with one attached hydrogen (secondary N) is 1. The second-order valence-electron chi connectivity index (χ2n) is 12.5. The van der Waals surface area contributed by atoms with Gasteiger partial charge in [-0.2, -0.15) is 5.26 Å². The van der Waals surface area contributed by atoms with Crippen molar-refractivity contribution < 1.29 is 0 Å². The third-order valence-electron chi connectivity index (χ3n) is 8.99. The van der Waals surface area contributed by atoms with E-state index in [9.17, 15) is 5.26 Å². The number of nitrogens with zero attached hydrogens (tertiary/aromatic N) is 3. The SMILES string of the molecule is CC1(C)c2ccccc2-c2c1ccc(-c1ccccc1)c2Nc1cccc(CN=C(N=C(N)c2cccc(C#N)c2)c2ccccc2)c1. The predicted molar refractivity (Wildman–Crippen MR) is 198 cm³/mol. The van der Waals surface area contributed by atoms with Gasteiger partial charge in [0.05, 0.1) is 23.9 Å². The average molecular weight is 622 g/mol. The van der Waals surface area contributed by atoms with Crippen LogP contribution < -0.4 is 11.1 Å². The molecular weight excluding hydrogens is 587 g/mol. The third kappa shape index (κ3) is 5.88. The number of hydrogen-bond donors (Lipinski definition) is 2. The van der Waals surface area contributed by atoms with Crippen molar-refractivity contribution in [1.29, 1.82) is 5.26 Å². The third-order valence-corrected chi connectivity index (χ3v) is 8.99. The molecule has 0 fully saturated rings. The first-order chi connectivity index (χ1) is 23.4. The van der Waals surface area contributed by atoms with Crippen LogP contribution >= 0.6 is 0 Å². The molecule has 1 aliphatic carbocycles. The van der Waals surface area contributed by atoms with Crippen molar-refractivity contribution in [2.75, 3.05) is 5.32 Å². The van der Waals surface area contributed by atoms with Crippen molar-refractivity contribution in [1.82, 2.24) is 0 Å². The van der Waals surface area contributed by atoms with E-state index < -0.39 is 0 Å². The van der Waals surface area contributed by atoms with Crippen LogP contribution in [0.3, 0.4) is 0 Å². The number of amidine groups is 2. The Morgan fingerprint density at radius 2 is 1.42 bits per heavy atom. The van der Waals surface area contributed by atoms with Crippen LogP contribution in [0.2, 0.25) is 0 Å². The van der Waals surface area contributed by atoms with E-state index in [1.165, 1.54) is 22.3 Å². The number of nitriles is 1. The second-order valence-corrected chi connectivity index (χ2v) is 12.5. The van der Waals surface area contributed by atoms with Gasteiger partial charge in [-0.1, -0.05) is 135 Å². The smallest absolute Gasteiger partial charge is 0.157 e. The van der Waals surface area contributed by atoms with Gasteiger partial charge in [0.25, 0.3) is 0 Å². The fraction of sp³-hybridized carbons (Fsp3) is 0.0930. The molecule has 0 aliphatic heterocycles. The summed E-state index contributed by atoms with van der Waals surface area (Å²) < 4.78 is 0. The minimum atomic E-state index is -0.111. The highest BCUT2D eigenvalue weighted by Crippen LogP contribution is 2.54. The molecule has 0 atom stereocenters. The van der Waals surface area contributed by atoms with E-state index in [1.807, 2.05) is 36.4 Å². The van der Waals surface area contributed by atoms with Crippen LogP contribution in [0.5, 0.6) is 0 Å². The van der Waals surface area contributed by atoms with Gasteiger partial charge in [0.2, 0.25) is 0 Å². The highest BCUT2D eigenvalue weighted by molar-refractivity contribution is 6.11. The summed E-state index contributed by atoms with van der Waals surface area (Å²) in [6.45, 7) is 5.02. The molecule has 0 aromatic heterocycles. The Balaban J connectivity index is 1.26. The van der Waals surface area contributed by atoms with Crippen LogP contribution in [0.25, 0.3) is 22.3 Å². The van der Waals surface area contributed by atoms with Crippen LogP contribution in [-0.2, 0) is 12.0 Å². The van der Waals surface area contributed by atoms with Gasteiger partial charge in [-0.15, -0.1) is 0 Å². The average Bonchev–Trinajstić information content (AvgIpc) is 3.37. The Hall–Kier alpha value is -6.25. The summed E-state index contributed by atoms with van der Waals surface area (Å²) in [5.41, 5.74) is 19.0. The molecule has 0 saturated heterocycles. The summed E-state index contributed by atoms with van der Waals surface area (Å²) in [4.78, 5) is 9.69. The van der Waals surface area contributed by atoms with Gasteiger partial charge in [0, 0.05) is 33.4 Å². The first kappa shape index (κ1) is 30.4. The summed E-state index contributed by atoms with van der Waals surface area (Å²) >= 11 is 0. The minimum absolute atomic E-state index is 0.111. The molecule has 7 rings (SSSR count). The zero-order chi connectivity index (χ0) is 33.1. The number of anilines is 2. The number of aliphatic imine (C=N–C) groups is 2. The fourth-order valence-electron chi connectivity index (χ4n) is 6.55. The largest absolute Gasteiger partial charge is 0.383 e. The van der Waals surface area contributed by atoms with E-state index in [-0.39, 0.29) is 5.41 Å². The lowest BCUT2D eigenvalue weighted by atomic mass is 9.82. The van der Waals surface area contributed by atoms with E-state index in [0.29, 0.717) is 29.3 Å². The quantitative estimate of drug-likeness (QED) is 0.137. The van der Waals surface area contributed by atoms with Crippen LogP contribution in [0.15, 0.2) is 156 Å². The van der Waals surface area contributed by atoms with E-state index in [1.54, 1.807) is 18.2 Å². The molecule has 0 saturated carbocycles. The van der Waals surface area contributed by atoms with Crippen molar-refractivity contribution in [3.63, 3.8) is 0 Å². The highest BCUT2D eigenvalue weighted by atomic mass is 15.0. The Morgan fingerprint density at radius 1 is 0.708 bits per heavy atom. The van der Waals surface area contributed by atoms with Crippen molar-refractivity contribution in [3.05, 3.63) is 179 Å². The van der Waals surface area contributed by atoms with Crippen LogP contribution in [0, 0.1) is 11.3 Å². The van der Waals surface area contributed by atoms with Gasteiger partial charge in [-0.3, -0.25) is 4.99 Å². The van der Waals surface area contributed by atoms with Crippen LogP contribution in [-0.4, -0.2) is 11.7 Å². The summed E-state index contributed by atoms with van der Waals surface area (Å²) in [5.74, 6) is 0.833. The second kappa shape index (κ2) is 12.9. The molecular formula is C43H35N5. The lowest BCUT2D eigenvalue weighted by molar-refractivity contribution is 0.660. The monoisotopic (exact) mass is 621 g/mol. The molecule has 0 spiro atoms. The normalized spacial score (nSPS) is 13.4. The number of hydrogen-bond acceptors (Lipinski definition) is 3. The summed E-state index contributed by atoms with van der Waals surface area (Å²) in [5, 5.41) is 13.2. The number of benzene rings is 6. The fourth-order valence-corrected chi connectivity index (χ4v) is 6.55. The molecule has 48 heavy (non-hydrogen) atoms. The molecule has 0 bridgehead atoms. The van der Waals surface area contributed by atoms with Crippen molar-refractivity contribution in [2.24, 2.45) is 15.7 Å². The van der Waals surface area contributed by atoms with Gasteiger partial charge in [0.1, 0.15) is 5.84 Å². The molecule has 0 amide bonds. The lowest BCUT2D eigenvalue weighted by Gasteiger charge is -2.23. The molecule has 0 unspecified atom stereocenters. The van der Waals surface area contributed by atoms with Crippen LogP contribution in [0.1, 0.15) is 47.2 Å². The molecule has 0 radical (unpaired) electrons. The molecule has 5 heteroatoms. The molecule has 3 N–H and O–H groups in total. The van der Waals surface area contributed by atoms with E-state index in [4.69, 9.17) is 15.7 Å². The van der Waals surface area contributed by atoms with Crippen molar-refractivity contribution in [3.8, 4) is 28.3 Å². The maximum atomic E-state index is 9.36. The van der Waals surface area contributed by atoms with Crippen molar-refractivity contribution in [2.45, 2.75) is 25.8 Å². The zero-order valence-corrected chi connectivity index (χ0v) is 27.0. The van der Waals surface area contributed by atoms with Crippen molar-refractivity contribution >= 4 is 23.0 Å². The van der Waals surface area contributed by atoms with E-state index in [2.05, 4.69) is 116 Å². The van der Waals surface area contributed by atoms with Gasteiger partial charge < -0.3 is 11.1 Å². The number of fused-ring (bicyclic) bond motifs is 3. The molecule has 5 nitrogen and oxygen atoms in total. The maximum Gasteiger partial charge on any atom is 0.157 e. The van der Waals surface area contributed by atoms with E-state index >= 15 is 0 Å². The molecule has 6 aromatic rings. The lowest BCUT2D eigenvalue weighted by Crippen LogP contribution is -2.16. The minimum Gasteiger partial charge on any atom is -0.383 e. The van der Waals surface area contributed by atoms with Gasteiger partial charge >= 0.3 is 0 Å². The van der Waals surface area contributed by atoms with E-state index in [0.717, 1.165) is 33.6 Å². The maximum absolute atomic E-state index is 9.36. The number of rotatable bonds is 7. The van der Waals surface area contributed by atoms with Gasteiger partial charge in [-0.25, -0.2) is 4.99 Å². The predicted octanol–water partition coefficient (Wildman–Crippen LogP) is 9.63. The topological polar surface area (TPSA) is 86.6 Å². The molecule has 1 aliphatic rings. The van der Waals surface area contributed by atoms with Gasteiger partial charge in [0.15, 0.2) is 5.84 Å². The Labute approximate surface area is 281 Å². The van der Waals surface area contributed by atoms with Gasteiger partial charge in [-0.05, 0) is 52.1 Å². The first-order valence-electron chi connectivity index (χ1n) is 16.1. The molecule has 232 valence electrons. The molecule has 6 aromatic carbocycles. The molecule has 0 heterocycles. The standard InChI is InChI=1S/C43H35N5/c1-43(2)37-22-10-9-21-36(37)39-38(43)24-23-35(31-15-5-3-6-16-31)40(39)47-34-20-12-14-30(26-34)28-46-42(32-17-7-4-8-18-32)48-41(45)33-19-11-13-29(25-33)27-44/h3-26,47H,28H2,1-2H3,(H2,45,46,48). The summed E-state index contributed by atoms with van der Waals surface area (Å²) in [6, 6.07) is 51.3. The number of nitrogens with two attached hydrogens (primary N) is 1. The Morgan fingerprint density at radius 3 is 2.21 bits per heavy atom. The van der Waals surface area contributed by atoms with Crippen LogP contribution in [0.4, 0.5) is 11.4 Å². The zero-order valence-electron chi connectivity index (χ0n) is 27.0. The Kier molecular flexibility index (Phi) is 8.15. The summed E-state index contributed by atoms with van der Waals surface area (Å²) in [7, 11) is 0.